The van der Waals surface area contributed by atoms with Gasteiger partial charge in [0.25, 0.3) is 0 Å². The Morgan fingerprint density at radius 2 is 2.00 bits per heavy atom. The van der Waals surface area contributed by atoms with E-state index < -0.39 is 0 Å². The van der Waals surface area contributed by atoms with Gasteiger partial charge in [-0.3, -0.25) is 0 Å². The molecule has 1 aromatic carbocycles. The fourth-order valence-electron chi connectivity index (χ4n) is 3.80. The van der Waals surface area contributed by atoms with Crippen molar-refractivity contribution in [3.8, 4) is 0 Å². The second-order valence-electron chi connectivity index (χ2n) is 6.31. The number of hydrogen-bond acceptors (Lipinski definition) is 2. The van der Waals surface area contributed by atoms with Crippen molar-refractivity contribution in [1.29, 1.82) is 0 Å². The molecule has 2 N–H and O–H groups in total. The summed E-state index contributed by atoms with van der Waals surface area (Å²) in [6.07, 6.45) is 4.87. The van der Waals surface area contributed by atoms with Crippen molar-refractivity contribution in [2.24, 2.45) is 17.6 Å². The molecule has 3 atom stereocenters. The first-order chi connectivity index (χ1) is 9.13. The molecule has 2 aliphatic rings. The first-order valence-electron chi connectivity index (χ1n) is 7.42. The number of rotatable bonds is 3. The monoisotopic (exact) mass is 262 g/mol. The molecule has 0 spiro atoms. The molecule has 1 aliphatic carbocycles. The number of nitrogens with zero attached hydrogens (tertiary/aromatic N) is 1. The smallest absolute Gasteiger partial charge is 0.123 e. The Labute approximate surface area is 114 Å². The molecule has 2 fully saturated rings. The lowest BCUT2D eigenvalue weighted by Gasteiger charge is -2.23. The molecule has 1 saturated heterocycles. The Morgan fingerprint density at radius 1 is 1.32 bits per heavy atom. The Bertz CT molecular complexity index is 446. The summed E-state index contributed by atoms with van der Waals surface area (Å²) in [5.41, 5.74) is 8.16. The lowest BCUT2D eigenvalue weighted by molar-refractivity contribution is 0.494. The minimum absolute atomic E-state index is 0.0719. The van der Waals surface area contributed by atoms with E-state index in [2.05, 4.69) is 4.90 Å². The van der Waals surface area contributed by atoms with E-state index in [1.54, 1.807) is 12.1 Å². The van der Waals surface area contributed by atoms with Crippen LogP contribution in [-0.4, -0.2) is 19.1 Å². The number of hydrogen-bond donors (Lipinski definition) is 1. The minimum Gasteiger partial charge on any atom is -0.371 e. The molecule has 3 unspecified atom stereocenters. The van der Waals surface area contributed by atoms with Gasteiger partial charge >= 0.3 is 0 Å². The van der Waals surface area contributed by atoms with E-state index in [1.165, 1.54) is 24.9 Å². The predicted octanol–water partition coefficient (Wildman–Crippen LogP) is 2.95. The van der Waals surface area contributed by atoms with Gasteiger partial charge in [0.05, 0.1) is 0 Å². The van der Waals surface area contributed by atoms with Crippen LogP contribution in [-0.2, 0) is 6.42 Å². The molecule has 104 valence electrons. The number of anilines is 1. The van der Waals surface area contributed by atoms with Crippen LogP contribution in [0.5, 0.6) is 0 Å². The Morgan fingerprint density at radius 3 is 2.63 bits per heavy atom. The van der Waals surface area contributed by atoms with Crippen LogP contribution < -0.4 is 10.6 Å². The molecule has 1 saturated carbocycles. The van der Waals surface area contributed by atoms with Gasteiger partial charge in [0.1, 0.15) is 5.82 Å². The van der Waals surface area contributed by atoms with Crippen LogP contribution in [0.15, 0.2) is 18.2 Å². The largest absolute Gasteiger partial charge is 0.371 e. The number of halogens is 1. The van der Waals surface area contributed by atoms with Crippen molar-refractivity contribution in [2.75, 3.05) is 18.0 Å². The second-order valence-corrected chi connectivity index (χ2v) is 6.31. The van der Waals surface area contributed by atoms with Gasteiger partial charge in [-0.25, -0.2) is 4.39 Å². The van der Waals surface area contributed by atoms with Crippen molar-refractivity contribution in [1.82, 2.24) is 0 Å². The minimum atomic E-state index is -0.154. The van der Waals surface area contributed by atoms with Crippen LogP contribution in [0.25, 0.3) is 0 Å². The van der Waals surface area contributed by atoms with E-state index in [1.807, 2.05) is 13.0 Å². The van der Waals surface area contributed by atoms with Crippen molar-refractivity contribution >= 4 is 5.69 Å². The molecular weight excluding hydrogens is 239 g/mol. The molecule has 0 radical (unpaired) electrons. The zero-order valence-corrected chi connectivity index (χ0v) is 11.6. The van der Waals surface area contributed by atoms with Crippen LogP contribution >= 0.6 is 0 Å². The zero-order chi connectivity index (χ0) is 13.4. The maximum atomic E-state index is 13.5. The lowest BCUT2D eigenvalue weighted by atomic mass is 10.0. The van der Waals surface area contributed by atoms with Crippen molar-refractivity contribution in [2.45, 2.75) is 38.6 Å². The third-order valence-electron chi connectivity index (χ3n) is 4.65. The highest BCUT2D eigenvalue weighted by atomic mass is 19.1. The molecule has 19 heavy (non-hydrogen) atoms. The van der Waals surface area contributed by atoms with Crippen molar-refractivity contribution in [3.05, 3.63) is 29.6 Å². The second kappa shape index (κ2) is 5.12. The predicted molar refractivity (Wildman–Crippen MR) is 76.8 cm³/mol. The molecule has 2 nitrogen and oxygen atoms in total. The Balaban J connectivity index is 1.84. The summed E-state index contributed by atoms with van der Waals surface area (Å²) in [5.74, 6) is 1.56. The molecule has 1 heterocycles. The van der Waals surface area contributed by atoms with Crippen LogP contribution in [0.3, 0.4) is 0 Å². The normalized spacial score (nSPS) is 27.6. The lowest BCUT2D eigenvalue weighted by Crippen LogP contribution is -2.25. The highest BCUT2D eigenvalue weighted by Crippen LogP contribution is 2.40. The number of benzene rings is 1. The zero-order valence-electron chi connectivity index (χ0n) is 11.6. The number of fused-ring (bicyclic) bond motifs is 1. The summed E-state index contributed by atoms with van der Waals surface area (Å²) in [6, 6.07) is 5.25. The third kappa shape index (κ3) is 2.62. The number of nitrogens with two attached hydrogens (primary N) is 1. The van der Waals surface area contributed by atoms with Crippen LogP contribution in [0.2, 0.25) is 0 Å². The summed E-state index contributed by atoms with van der Waals surface area (Å²) in [5, 5.41) is 0. The summed E-state index contributed by atoms with van der Waals surface area (Å²) >= 11 is 0. The average molecular weight is 262 g/mol. The highest BCUT2D eigenvalue weighted by Gasteiger charge is 2.36. The fourth-order valence-corrected chi connectivity index (χ4v) is 3.80. The summed E-state index contributed by atoms with van der Waals surface area (Å²) in [6.45, 7) is 4.26. The van der Waals surface area contributed by atoms with E-state index in [0.717, 1.165) is 36.9 Å². The van der Waals surface area contributed by atoms with Gasteiger partial charge in [-0.15, -0.1) is 0 Å². The fraction of sp³-hybridized carbons (Fsp3) is 0.625. The standard InChI is InChI=1S/C16H23FN2/c1-11(18)7-14-8-15(17)5-6-16(14)19-9-12-3-2-4-13(12)10-19/h5-6,8,11-13H,2-4,7,9-10,18H2,1H3. The van der Waals surface area contributed by atoms with Crippen molar-refractivity contribution in [3.63, 3.8) is 0 Å². The van der Waals surface area contributed by atoms with E-state index >= 15 is 0 Å². The first-order valence-corrected chi connectivity index (χ1v) is 7.42. The van der Waals surface area contributed by atoms with Gasteiger partial charge in [-0.2, -0.15) is 0 Å². The molecule has 3 heteroatoms. The topological polar surface area (TPSA) is 29.3 Å². The molecule has 0 aromatic heterocycles. The van der Waals surface area contributed by atoms with Gasteiger partial charge < -0.3 is 10.6 Å². The Kier molecular flexibility index (Phi) is 3.48. The SMILES string of the molecule is CC(N)Cc1cc(F)ccc1N1CC2CCCC2C1. The molecular formula is C16H23FN2. The highest BCUT2D eigenvalue weighted by molar-refractivity contribution is 5.55. The van der Waals surface area contributed by atoms with Gasteiger partial charge in [0.2, 0.25) is 0 Å². The van der Waals surface area contributed by atoms with E-state index in [4.69, 9.17) is 5.73 Å². The quantitative estimate of drug-likeness (QED) is 0.907. The van der Waals surface area contributed by atoms with Gasteiger partial charge in [0, 0.05) is 24.8 Å². The summed E-state index contributed by atoms with van der Waals surface area (Å²) in [7, 11) is 0. The van der Waals surface area contributed by atoms with E-state index in [-0.39, 0.29) is 11.9 Å². The van der Waals surface area contributed by atoms with E-state index in [9.17, 15) is 4.39 Å². The summed E-state index contributed by atoms with van der Waals surface area (Å²) in [4.78, 5) is 2.45. The van der Waals surface area contributed by atoms with Crippen LogP contribution in [0.1, 0.15) is 31.7 Å². The maximum Gasteiger partial charge on any atom is 0.123 e. The molecule has 0 amide bonds. The third-order valence-corrected chi connectivity index (χ3v) is 4.65. The molecule has 1 aliphatic heterocycles. The van der Waals surface area contributed by atoms with Crippen molar-refractivity contribution < 1.29 is 4.39 Å². The molecule has 3 rings (SSSR count). The maximum absolute atomic E-state index is 13.5. The molecule has 0 bridgehead atoms. The Hall–Kier alpha value is -1.09. The van der Waals surface area contributed by atoms with Gasteiger partial charge in [-0.1, -0.05) is 6.42 Å². The van der Waals surface area contributed by atoms with Gasteiger partial charge in [0.15, 0.2) is 0 Å². The average Bonchev–Trinajstić information content (AvgIpc) is 2.88. The van der Waals surface area contributed by atoms with Gasteiger partial charge in [-0.05, 0) is 61.8 Å². The summed E-state index contributed by atoms with van der Waals surface area (Å²) < 4.78 is 13.5. The van der Waals surface area contributed by atoms with Crippen LogP contribution in [0, 0.1) is 17.7 Å². The molecule has 1 aromatic rings. The van der Waals surface area contributed by atoms with Crippen LogP contribution in [0.4, 0.5) is 10.1 Å². The van der Waals surface area contributed by atoms with E-state index in [0.29, 0.717) is 0 Å². The first kappa shape index (κ1) is 12.9.